The lowest BCUT2D eigenvalue weighted by molar-refractivity contribution is 0.534. The summed E-state index contributed by atoms with van der Waals surface area (Å²) in [4.78, 5) is 0. The number of nitrogens with one attached hydrogen (secondary N) is 3. The molecule has 0 atom stereocenters. The van der Waals surface area contributed by atoms with Gasteiger partial charge in [0.25, 0.3) is 0 Å². The Hall–Kier alpha value is -0.200. The van der Waals surface area contributed by atoms with Gasteiger partial charge in [-0.15, -0.1) is 0 Å². The third kappa shape index (κ3) is 11.8. The molecule has 7 N–H and O–H groups in total. The average molecular weight is 189 g/mol. The Balaban J connectivity index is 0.000000223. The third-order valence-electron chi connectivity index (χ3n) is 1.60. The van der Waals surface area contributed by atoms with E-state index in [2.05, 4.69) is 16.0 Å². The second kappa shape index (κ2) is 11.8. The molecule has 0 amide bonds. The summed E-state index contributed by atoms with van der Waals surface area (Å²) in [7, 11) is 0. The predicted octanol–water partition coefficient (Wildman–Crippen LogP) is -2.33. The summed E-state index contributed by atoms with van der Waals surface area (Å²) >= 11 is 0. The van der Waals surface area contributed by atoms with Gasteiger partial charge in [-0.1, -0.05) is 0 Å². The van der Waals surface area contributed by atoms with Gasteiger partial charge < -0.3 is 27.4 Å². The topological polar surface area (TPSA) is 88.1 Å². The number of hydrogen-bond donors (Lipinski definition) is 5. The molecule has 1 rings (SSSR count). The van der Waals surface area contributed by atoms with Crippen molar-refractivity contribution >= 4 is 0 Å². The minimum Gasteiger partial charge on any atom is -0.329 e. The largest absolute Gasteiger partial charge is 0.329 e. The highest BCUT2D eigenvalue weighted by Crippen LogP contribution is 1.65. The van der Waals surface area contributed by atoms with Crippen LogP contribution in [-0.4, -0.2) is 52.4 Å². The minimum atomic E-state index is 0.694. The molecule has 0 aromatic carbocycles. The molecule has 1 saturated heterocycles. The first kappa shape index (κ1) is 12.8. The number of piperazine rings is 1. The fraction of sp³-hybridized carbons (Fsp3) is 1.00. The Morgan fingerprint density at radius 2 is 1.23 bits per heavy atom. The van der Waals surface area contributed by atoms with Crippen molar-refractivity contribution in [2.24, 2.45) is 11.5 Å². The first-order valence-electron chi connectivity index (χ1n) is 4.94. The van der Waals surface area contributed by atoms with Gasteiger partial charge in [-0.25, -0.2) is 0 Å². The van der Waals surface area contributed by atoms with E-state index in [1.165, 1.54) is 0 Å². The Morgan fingerprint density at radius 3 is 1.46 bits per heavy atom. The monoisotopic (exact) mass is 189 g/mol. The molecule has 0 aliphatic carbocycles. The summed E-state index contributed by atoms with van der Waals surface area (Å²) in [6.45, 7) is 7.69. The summed E-state index contributed by atoms with van der Waals surface area (Å²) in [6.07, 6.45) is 0. The van der Waals surface area contributed by atoms with Gasteiger partial charge in [0, 0.05) is 52.4 Å². The van der Waals surface area contributed by atoms with Crippen LogP contribution in [0.15, 0.2) is 0 Å². The van der Waals surface area contributed by atoms with Crippen molar-refractivity contribution in [2.75, 3.05) is 52.4 Å². The summed E-state index contributed by atoms with van der Waals surface area (Å²) in [5, 5.41) is 9.48. The molecular formula is C8H23N5. The third-order valence-corrected chi connectivity index (χ3v) is 1.60. The Labute approximate surface area is 80.6 Å². The van der Waals surface area contributed by atoms with Gasteiger partial charge in [0.2, 0.25) is 0 Å². The molecule has 0 aromatic rings. The first-order valence-corrected chi connectivity index (χ1v) is 4.94. The van der Waals surface area contributed by atoms with Crippen LogP contribution < -0.4 is 27.4 Å². The molecule has 80 valence electrons. The molecule has 0 unspecified atom stereocenters. The minimum absolute atomic E-state index is 0.694. The first-order chi connectivity index (χ1) is 6.41. The molecule has 0 radical (unpaired) electrons. The van der Waals surface area contributed by atoms with E-state index in [0.717, 1.165) is 39.3 Å². The molecule has 0 aromatic heterocycles. The van der Waals surface area contributed by atoms with Gasteiger partial charge in [0.1, 0.15) is 0 Å². The fourth-order valence-electron chi connectivity index (χ4n) is 0.933. The van der Waals surface area contributed by atoms with Crippen LogP contribution in [0.25, 0.3) is 0 Å². The van der Waals surface area contributed by atoms with E-state index >= 15 is 0 Å². The summed E-state index contributed by atoms with van der Waals surface area (Å²) in [5.41, 5.74) is 10.3. The number of hydrogen-bond acceptors (Lipinski definition) is 5. The van der Waals surface area contributed by atoms with Gasteiger partial charge in [-0.2, -0.15) is 0 Å². The van der Waals surface area contributed by atoms with Crippen molar-refractivity contribution in [3.05, 3.63) is 0 Å². The highest BCUT2D eigenvalue weighted by atomic mass is 15.0. The molecule has 0 spiro atoms. The second-order valence-corrected chi connectivity index (χ2v) is 2.83. The lowest BCUT2D eigenvalue weighted by atomic mass is 10.4. The Kier molecular flexibility index (Phi) is 11.6. The summed E-state index contributed by atoms with van der Waals surface area (Å²) in [6, 6.07) is 0. The van der Waals surface area contributed by atoms with Crippen LogP contribution in [0.5, 0.6) is 0 Å². The maximum Gasteiger partial charge on any atom is 0.00772 e. The lowest BCUT2D eigenvalue weighted by Gasteiger charge is -2.11. The molecule has 5 heteroatoms. The molecular weight excluding hydrogens is 166 g/mol. The lowest BCUT2D eigenvalue weighted by Crippen LogP contribution is -2.39. The molecule has 0 bridgehead atoms. The van der Waals surface area contributed by atoms with Gasteiger partial charge in [0.15, 0.2) is 0 Å². The Bertz CT molecular complexity index is 69.1. The van der Waals surface area contributed by atoms with Gasteiger partial charge in [-0.05, 0) is 0 Å². The van der Waals surface area contributed by atoms with E-state index in [4.69, 9.17) is 11.5 Å². The SMILES string of the molecule is C1CNCCN1.NCCNCCN. The highest BCUT2D eigenvalue weighted by Gasteiger charge is 1.91. The molecule has 1 fully saturated rings. The van der Waals surface area contributed by atoms with Crippen molar-refractivity contribution in [2.45, 2.75) is 0 Å². The zero-order valence-electron chi connectivity index (χ0n) is 8.31. The van der Waals surface area contributed by atoms with Crippen molar-refractivity contribution in [1.82, 2.24) is 16.0 Å². The molecule has 13 heavy (non-hydrogen) atoms. The van der Waals surface area contributed by atoms with Crippen molar-refractivity contribution in [3.63, 3.8) is 0 Å². The van der Waals surface area contributed by atoms with Crippen LogP contribution in [-0.2, 0) is 0 Å². The van der Waals surface area contributed by atoms with Crippen LogP contribution in [0.1, 0.15) is 0 Å². The van der Waals surface area contributed by atoms with E-state index in [-0.39, 0.29) is 0 Å². The maximum absolute atomic E-state index is 5.17. The standard InChI is InChI=1S/C4H13N3.C4H10N2/c5-1-3-7-4-2-6;1-2-6-4-3-5-1/h7H,1-6H2;5-6H,1-4H2. The molecule has 1 aliphatic rings. The zero-order valence-corrected chi connectivity index (χ0v) is 8.31. The van der Waals surface area contributed by atoms with Crippen molar-refractivity contribution in [1.29, 1.82) is 0 Å². The van der Waals surface area contributed by atoms with E-state index in [9.17, 15) is 0 Å². The van der Waals surface area contributed by atoms with Crippen molar-refractivity contribution in [3.8, 4) is 0 Å². The van der Waals surface area contributed by atoms with E-state index in [1.807, 2.05) is 0 Å². The van der Waals surface area contributed by atoms with E-state index < -0.39 is 0 Å². The normalized spacial score (nSPS) is 16.2. The van der Waals surface area contributed by atoms with Crippen LogP contribution in [0.4, 0.5) is 0 Å². The van der Waals surface area contributed by atoms with Gasteiger partial charge in [0.05, 0.1) is 0 Å². The summed E-state index contributed by atoms with van der Waals surface area (Å²) in [5.74, 6) is 0. The van der Waals surface area contributed by atoms with Gasteiger partial charge >= 0.3 is 0 Å². The van der Waals surface area contributed by atoms with Crippen LogP contribution in [0, 0.1) is 0 Å². The number of rotatable bonds is 4. The molecule has 0 saturated carbocycles. The highest BCUT2D eigenvalue weighted by molar-refractivity contribution is 4.59. The Morgan fingerprint density at radius 1 is 0.846 bits per heavy atom. The summed E-state index contributed by atoms with van der Waals surface area (Å²) < 4.78 is 0. The molecule has 5 nitrogen and oxygen atoms in total. The van der Waals surface area contributed by atoms with E-state index in [1.54, 1.807) is 0 Å². The second-order valence-electron chi connectivity index (χ2n) is 2.83. The maximum atomic E-state index is 5.17. The number of nitrogens with two attached hydrogens (primary N) is 2. The van der Waals surface area contributed by atoms with E-state index in [0.29, 0.717) is 13.1 Å². The fourth-order valence-corrected chi connectivity index (χ4v) is 0.933. The van der Waals surface area contributed by atoms with Crippen LogP contribution in [0.3, 0.4) is 0 Å². The zero-order chi connectivity index (χ0) is 9.78. The van der Waals surface area contributed by atoms with Crippen LogP contribution in [0.2, 0.25) is 0 Å². The quantitative estimate of drug-likeness (QED) is 0.320. The van der Waals surface area contributed by atoms with Crippen LogP contribution >= 0.6 is 0 Å². The molecule has 1 aliphatic heterocycles. The molecule has 1 heterocycles. The smallest absolute Gasteiger partial charge is 0.00772 e. The predicted molar refractivity (Wildman–Crippen MR) is 56.7 cm³/mol. The average Bonchev–Trinajstić information content (AvgIpc) is 2.22. The van der Waals surface area contributed by atoms with Crippen molar-refractivity contribution < 1.29 is 0 Å². The van der Waals surface area contributed by atoms with Gasteiger partial charge in [-0.3, -0.25) is 0 Å².